The zero-order chi connectivity index (χ0) is 14.9. The molecule has 0 heterocycles. The van der Waals surface area contributed by atoms with Crippen LogP contribution in [-0.4, -0.2) is 26.1 Å². The van der Waals surface area contributed by atoms with Crippen LogP contribution < -0.4 is 0 Å². The number of nitrogens with zero attached hydrogens (tertiary/aromatic N) is 2. The second kappa shape index (κ2) is 5.22. The summed E-state index contributed by atoms with van der Waals surface area (Å²) < 4.78 is 33.6. The minimum Gasteiger partial charge on any atom is -0.744 e. The van der Waals surface area contributed by atoms with Crippen LogP contribution in [0.4, 0.5) is 5.69 Å². The second-order valence-electron chi connectivity index (χ2n) is 4.15. The number of aryl methyl sites for hydroxylation is 1. The third-order valence-electron chi connectivity index (χ3n) is 2.95. The van der Waals surface area contributed by atoms with Gasteiger partial charge in [-0.25, -0.2) is 8.42 Å². The maximum absolute atomic E-state index is 11.2. The third-order valence-corrected chi connectivity index (χ3v) is 3.80. The molecule has 0 unspecified atom stereocenters. The van der Waals surface area contributed by atoms with Crippen LogP contribution in [0.3, 0.4) is 0 Å². The van der Waals surface area contributed by atoms with Gasteiger partial charge < -0.3 is 9.66 Å². The summed E-state index contributed by atoms with van der Waals surface area (Å²) in [6.45, 7) is 1.94. The largest absolute Gasteiger partial charge is 0.744 e. The molecule has 2 aromatic rings. The Hall–Kier alpha value is -1.93. The van der Waals surface area contributed by atoms with E-state index in [1.165, 1.54) is 0 Å². The van der Waals surface area contributed by atoms with Crippen LogP contribution >= 0.6 is 0 Å². The van der Waals surface area contributed by atoms with E-state index in [0.717, 1.165) is 18.1 Å². The van der Waals surface area contributed by atoms with Gasteiger partial charge >= 0.3 is 0 Å². The SMILES string of the molecule is [B]N=Nc1c(O)c(S(=O)(=O)[O-])cc2cc(CC)ccc12. The molecule has 1 N–H and O–H groups in total. The van der Waals surface area contributed by atoms with Crippen LogP contribution in [0.25, 0.3) is 10.8 Å². The van der Waals surface area contributed by atoms with Crippen molar-refractivity contribution in [3.63, 3.8) is 0 Å². The summed E-state index contributed by atoms with van der Waals surface area (Å²) in [5, 5.41) is 17.4. The van der Waals surface area contributed by atoms with Gasteiger partial charge in [-0.1, -0.05) is 25.1 Å². The highest BCUT2D eigenvalue weighted by Gasteiger charge is 2.17. The quantitative estimate of drug-likeness (QED) is 0.531. The zero-order valence-electron chi connectivity index (χ0n) is 10.6. The van der Waals surface area contributed by atoms with Crippen molar-refractivity contribution in [2.75, 3.05) is 0 Å². The molecule has 20 heavy (non-hydrogen) atoms. The summed E-state index contributed by atoms with van der Waals surface area (Å²) in [5.74, 6) is -0.744. The van der Waals surface area contributed by atoms with Gasteiger partial charge in [0, 0.05) is 5.39 Å². The van der Waals surface area contributed by atoms with Crippen LogP contribution in [0.2, 0.25) is 0 Å². The summed E-state index contributed by atoms with van der Waals surface area (Å²) >= 11 is 0. The number of aromatic hydroxyl groups is 1. The molecular weight excluding hydrogens is 279 g/mol. The van der Waals surface area contributed by atoms with Crippen LogP contribution in [-0.2, 0) is 16.5 Å². The third kappa shape index (κ3) is 2.52. The number of benzene rings is 2. The van der Waals surface area contributed by atoms with Crippen molar-refractivity contribution in [2.45, 2.75) is 18.2 Å². The molecule has 6 nitrogen and oxygen atoms in total. The van der Waals surface area contributed by atoms with E-state index < -0.39 is 20.8 Å². The molecular formula is C12H10BN2O4S-. The number of rotatable bonds is 3. The summed E-state index contributed by atoms with van der Waals surface area (Å²) in [6.07, 6.45) is 0.740. The van der Waals surface area contributed by atoms with Gasteiger partial charge in [0.1, 0.15) is 15.8 Å². The first-order valence-electron chi connectivity index (χ1n) is 5.74. The van der Waals surface area contributed by atoms with Gasteiger partial charge in [-0.3, -0.25) is 5.03 Å². The first-order chi connectivity index (χ1) is 9.38. The van der Waals surface area contributed by atoms with Gasteiger partial charge in [0.15, 0.2) is 5.75 Å². The molecule has 0 bridgehead atoms. The van der Waals surface area contributed by atoms with Crippen molar-refractivity contribution < 1.29 is 18.1 Å². The second-order valence-corrected chi connectivity index (χ2v) is 5.50. The van der Waals surface area contributed by atoms with Crippen molar-refractivity contribution in [1.29, 1.82) is 0 Å². The number of phenolic OH excluding ortho intramolecular Hbond substituents is 1. The van der Waals surface area contributed by atoms with Crippen LogP contribution in [0, 0.1) is 0 Å². The number of hydrogen-bond acceptors (Lipinski definition) is 6. The van der Waals surface area contributed by atoms with E-state index in [-0.39, 0.29) is 5.69 Å². The molecule has 2 rings (SSSR count). The monoisotopic (exact) mass is 289 g/mol. The Morgan fingerprint density at radius 2 is 2.05 bits per heavy atom. The summed E-state index contributed by atoms with van der Waals surface area (Å²) in [6, 6.07) is 6.32. The number of fused-ring (bicyclic) bond motifs is 1. The Labute approximate surface area is 117 Å². The molecule has 8 heteroatoms. The van der Waals surface area contributed by atoms with Crippen molar-refractivity contribution in [3.8, 4) is 5.75 Å². The van der Waals surface area contributed by atoms with Crippen LogP contribution in [0.1, 0.15) is 12.5 Å². The first-order valence-corrected chi connectivity index (χ1v) is 7.14. The smallest absolute Gasteiger partial charge is 0.293 e. The minimum absolute atomic E-state index is 0.137. The first kappa shape index (κ1) is 14.5. The highest BCUT2D eigenvalue weighted by atomic mass is 32.2. The Balaban J connectivity index is 2.94. The maximum atomic E-state index is 11.2. The molecule has 2 radical (unpaired) electrons. The maximum Gasteiger partial charge on any atom is 0.293 e. The minimum atomic E-state index is -4.83. The van der Waals surface area contributed by atoms with Gasteiger partial charge in [0.2, 0.25) is 0 Å². The van der Waals surface area contributed by atoms with E-state index in [2.05, 4.69) is 10.1 Å². The predicted octanol–water partition coefficient (Wildman–Crippen LogP) is 2.18. The van der Waals surface area contributed by atoms with Gasteiger partial charge in [0.05, 0.1) is 4.90 Å². The summed E-state index contributed by atoms with van der Waals surface area (Å²) in [5.41, 5.74) is 0.815. The van der Waals surface area contributed by atoms with E-state index in [1.807, 2.05) is 13.0 Å². The molecule has 0 saturated heterocycles. The lowest BCUT2D eigenvalue weighted by molar-refractivity contribution is 0.437. The Morgan fingerprint density at radius 1 is 1.35 bits per heavy atom. The van der Waals surface area contributed by atoms with Crippen molar-refractivity contribution in [1.82, 2.24) is 0 Å². The lowest BCUT2D eigenvalue weighted by Crippen LogP contribution is -1.99. The highest BCUT2D eigenvalue weighted by molar-refractivity contribution is 7.85. The fourth-order valence-electron chi connectivity index (χ4n) is 1.97. The van der Waals surface area contributed by atoms with E-state index in [9.17, 15) is 18.1 Å². The Kier molecular flexibility index (Phi) is 3.78. The van der Waals surface area contributed by atoms with E-state index in [1.54, 1.807) is 12.1 Å². The molecule has 0 aliphatic rings. The van der Waals surface area contributed by atoms with Gasteiger partial charge in [-0.2, -0.15) is 5.11 Å². The summed E-state index contributed by atoms with van der Waals surface area (Å²) in [7, 11) is 0.127. The van der Waals surface area contributed by atoms with E-state index in [4.69, 9.17) is 7.98 Å². The van der Waals surface area contributed by atoms with Crippen molar-refractivity contribution in [3.05, 3.63) is 29.8 Å². The lowest BCUT2D eigenvalue weighted by Gasteiger charge is -2.13. The fourth-order valence-corrected chi connectivity index (χ4v) is 2.58. The molecule has 0 spiro atoms. The Bertz CT molecular complexity index is 803. The zero-order valence-corrected chi connectivity index (χ0v) is 11.4. The fraction of sp³-hybridized carbons (Fsp3) is 0.167. The van der Waals surface area contributed by atoms with Crippen LogP contribution in [0.15, 0.2) is 39.3 Å². The average molecular weight is 289 g/mol. The van der Waals surface area contributed by atoms with Gasteiger partial charge in [-0.15, -0.1) is 0 Å². The average Bonchev–Trinajstić information content (AvgIpc) is 2.39. The van der Waals surface area contributed by atoms with Gasteiger partial charge in [-0.05, 0) is 23.4 Å². The molecule has 0 fully saturated rings. The van der Waals surface area contributed by atoms with E-state index >= 15 is 0 Å². The Morgan fingerprint density at radius 3 is 2.60 bits per heavy atom. The number of phenols is 1. The predicted molar refractivity (Wildman–Crippen MR) is 73.2 cm³/mol. The molecule has 2 aromatic carbocycles. The molecule has 0 saturated carbocycles. The summed E-state index contributed by atoms with van der Waals surface area (Å²) in [4.78, 5) is -0.736. The van der Waals surface area contributed by atoms with Gasteiger partial charge in [0.25, 0.3) is 7.98 Å². The highest BCUT2D eigenvalue weighted by Crippen LogP contribution is 2.40. The standard InChI is InChI=1S/C12H11BN2O4S/c1-2-7-3-4-9-8(5-7)6-10(20(17,18)19)12(16)11(9)14-15-13/h3-6,16H,2H2,1H3,(H,17,18,19)/p-1. The molecule has 0 aliphatic heterocycles. The topological polar surface area (TPSA) is 102 Å². The number of hydrogen-bond donors (Lipinski definition) is 1. The molecule has 0 amide bonds. The lowest BCUT2D eigenvalue weighted by atomic mass is 10.0. The van der Waals surface area contributed by atoms with Crippen LogP contribution in [0.5, 0.6) is 5.75 Å². The molecule has 0 aliphatic carbocycles. The van der Waals surface area contributed by atoms with Crippen molar-refractivity contribution >= 4 is 34.6 Å². The molecule has 0 atom stereocenters. The van der Waals surface area contributed by atoms with E-state index in [0.29, 0.717) is 10.8 Å². The van der Waals surface area contributed by atoms with Crippen molar-refractivity contribution in [2.24, 2.45) is 10.1 Å². The normalized spacial score (nSPS) is 12.3. The molecule has 0 aromatic heterocycles. The molecule has 102 valence electrons.